The van der Waals surface area contributed by atoms with Gasteiger partial charge in [-0.1, -0.05) is 18.2 Å². The number of ether oxygens (including phenoxy) is 2. The van der Waals surface area contributed by atoms with E-state index in [1.807, 2.05) is 0 Å². The quantitative estimate of drug-likeness (QED) is 0.512. The van der Waals surface area contributed by atoms with Crippen LogP contribution in [-0.4, -0.2) is 67.1 Å². The van der Waals surface area contributed by atoms with Crippen LogP contribution in [0.5, 0.6) is 5.75 Å². The van der Waals surface area contributed by atoms with Gasteiger partial charge in [-0.3, -0.25) is 9.59 Å². The van der Waals surface area contributed by atoms with Crippen molar-refractivity contribution in [2.45, 2.75) is 26.1 Å². The Morgan fingerprint density at radius 1 is 1.19 bits per heavy atom. The summed E-state index contributed by atoms with van der Waals surface area (Å²) >= 11 is 0. The summed E-state index contributed by atoms with van der Waals surface area (Å²) in [4.78, 5) is 28.2. The maximum atomic E-state index is 12.7. The Hall–Kier alpha value is -2.48. The lowest BCUT2D eigenvalue weighted by Crippen LogP contribution is -2.52. The molecule has 0 radical (unpaired) electrons. The summed E-state index contributed by atoms with van der Waals surface area (Å²) in [5.41, 5.74) is 0.0821. The van der Waals surface area contributed by atoms with Crippen LogP contribution in [0.1, 0.15) is 23.7 Å². The number of nitrogens with zero attached hydrogens (tertiary/aromatic N) is 2. The van der Waals surface area contributed by atoms with Gasteiger partial charge in [0.1, 0.15) is 11.9 Å². The summed E-state index contributed by atoms with van der Waals surface area (Å²) in [6.45, 7) is 4.06. The maximum absolute atomic E-state index is 12.7. The molecule has 1 atom stereocenters. The first kappa shape index (κ1) is 20.8. The Labute approximate surface area is 157 Å². The minimum atomic E-state index is -3.00. The van der Waals surface area contributed by atoms with E-state index in [-0.39, 0.29) is 17.2 Å². The second-order valence-corrected chi connectivity index (χ2v) is 6.08. The van der Waals surface area contributed by atoms with Crippen LogP contribution in [0.2, 0.25) is 0 Å². The monoisotopic (exact) mass is 382 g/mol. The molecule has 1 aromatic carbocycles. The third-order valence-corrected chi connectivity index (χ3v) is 4.25. The number of piperazine rings is 1. The van der Waals surface area contributed by atoms with E-state index < -0.39 is 18.6 Å². The van der Waals surface area contributed by atoms with Gasteiger partial charge < -0.3 is 19.3 Å². The average molecular weight is 382 g/mol. The highest BCUT2D eigenvalue weighted by Crippen LogP contribution is 2.22. The van der Waals surface area contributed by atoms with E-state index in [0.29, 0.717) is 39.2 Å². The van der Waals surface area contributed by atoms with E-state index >= 15 is 0 Å². The highest BCUT2D eigenvalue weighted by Gasteiger charge is 2.29. The lowest BCUT2D eigenvalue weighted by Gasteiger charge is -2.36. The molecular formula is C19H24F2N2O4. The number of rotatable bonds is 8. The maximum Gasteiger partial charge on any atom is 0.387 e. The molecule has 0 bridgehead atoms. The van der Waals surface area contributed by atoms with Gasteiger partial charge in [0.15, 0.2) is 0 Å². The zero-order valence-corrected chi connectivity index (χ0v) is 15.3. The first-order chi connectivity index (χ1) is 12.9. The minimum absolute atomic E-state index is 0.0821. The van der Waals surface area contributed by atoms with Crippen LogP contribution in [0.3, 0.4) is 0 Å². The van der Waals surface area contributed by atoms with Gasteiger partial charge in [-0.15, -0.1) is 6.58 Å². The summed E-state index contributed by atoms with van der Waals surface area (Å²) < 4.78 is 34.9. The van der Waals surface area contributed by atoms with Crippen molar-refractivity contribution in [2.75, 3.05) is 32.8 Å². The van der Waals surface area contributed by atoms with Crippen molar-refractivity contribution >= 4 is 11.8 Å². The molecule has 1 unspecified atom stereocenters. The molecule has 1 aromatic rings. The lowest BCUT2D eigenvalue weighted by atomic mass is 10.1. The number of carbonyl (C=O) groups excluding carboxylic acids is 2. The van der Waals surface area contributed by atoms with E-state index in [4.69, 9.17) is 4.74 Å². The van der Waals surface area contributed by atoms with Crippen LogP contribution in [0.15, 0.2) is 36.9 Å². The van der Waals surface area contributed by atoms with Gasteiger partial charge in [0.05, 0.1) is 12.2 Å². The molecule has 0 aliphatic carbocycles. The molecule has 2 rings (SSSR count). The number of halogens is 2. The largest absolute Gasteiger partial charge is 0.434 e. The number of hydrogen-bond acceptors (Lipinski definition) is 4. The number of benzene rings is 1. The van der Waals surface area contributed by atoms with Gasteiger partial charge in [-0.05, 0) is 25.5 Å². The van der Waals surface area contributed by atoms with Crippen LogP contribution in [-0.2, 0) is 9.53 Å². The molecule has 1 saturated heterocycles. The Kier molecular flexibility index (Phi) is 7.72. The summed E-state index contributed by atoms with van der Waals surface area (Å²) in [6.07, 6.45) is 1.82. The summed E-state index contributed by atoms with van der Waals surface area (Å²) in [5, 5.41) is 0. The molecule has 148 valence electrons. The second-order valence-electron chi connectivity index (χ2n) is 6.08. The molecule has 2 amide bonds. The van der Waals surface area contributed by atoms with E-state index in [1.54, 1.807) is 24.0 Å². The van der Waals surface area contributed by atoms with Crippen molar-refractivity contribution in [2.24, 2.45) is 0 Å². The highest BCUT2D eigenvalue weighted by atomic mass is 19.3. The molecular weight excluding hydrogens is 358 g/mol. The molecule has 6 nitrogen and oxygen atoms in total. The van der Waals surface area contributed by atoms with E-state index in [1.165, 1.54) is 23.1 Å². The molecule has 1 fully saturated rings. The third kappa shape index (κ3) is 5.75. The van der Waals surface area contributed by atoms with Crippen molar-refractivity contribution in [3.63, 3.8) is 0 Å². The molecule has 1 heterocycles. The SMILES string of the molecule is C=CCCOC(C)C(=O)N1CCN(C(=O)c2ccccc2OC(F)F)CC1. The van der Waals surface area contributed by atoms with Gasteiger partial charge in [0.25, 0.3) is 11.8 Å². The Bertz CT molecular complexity index is 661. The predicted molar refractivity (Wildman–Crippen MR) is 95.8 cm³/mol. The Balaban J connectivity index is 1.93. The van der Waals surface area contributed by atoms with E-state index in [9.17, 15) is 18.4 Å². The van der Waals surface area contributed by atoms with Gasteiger partial charge in [0.2, 0.25) is 0 Å². The zero-order valence-electron chi connectivity index (χ0n) is 15.3. The first-order valence-corrected chi connectivity index (χ1v) is 8.78. The van der Waals surface area contributed by atoms with Crippen LogP contribution in [0.25, 0.3) is 0 Å². The molecule has 27 heavy (non-hydrogen) atoms. The fourth-order valence-electron chi connectivity index (χ4n) is 2.80. The second kappa shape index (κ2) is 10.0. The van der Waals surface area contributed by atoms with Gasteiger partial charge in [0, 0.05) is 26.2 Å². The topological polar surface area (TPSA) is 59.1 Å². The van der Waals surface area contributed by atoms with Gasteiger partial charge in [-0.2, -0.15) is 8.78 Å². The number of carbonyl (C=O) groups is 2. The molecule has 1 aliphatic heterocycles. The molecule has 0 spiro atoms. The highest BCUT2D eigenvalue weighted by molar-refractivity contribution is 5.97. The predicted octanol–water partition coefficient (Wildman–Crippen LogP) is 2.55. The van der Waals surface area contributed by atoms with Gasteiger partial charge in [-0.25, -0.2) is 0 Å². The summed E-state index contributed by atoms with van der Waals surface area (Å²) in [5.74, 6) is -0.679. The zero-order chi connectivity index (χ0) is 19.8. The normalized spacial score (nSPS) is 15.6. The smallest absolute Gasteiger partial charge is 0.387 e. The molecule has 0 aromatic heterocycles. The number of amides is 2. The first-order valence-electron chi connectivity index (χ1n) is 8.78. The van der Waals surface area contributed by atoms with Crippen molar-refractivity contribution in [1.82, 2.24) is 9.80 Å². The minimum Gasteiger partial charge on any atom is -0.434 e. The summed E-state index contributed by atoms with van der Waals surface area (Å²) in [6, 6.07) is 5.90. The van der Waals surface area contributed by atoms with E-state index in [2.05, 4.69) is 11.3 Å². The number of hydrogen-bond donors (Lipinski definition) is 0. The average Bonchev–Trinajstić information content (AvgIpc) is 2.67. The number of alkyl halides is 2. The molecule has 8 heteroatoms. The molecule has 1 aliphatic rings. The van der Waals surface area contributed by atoms with Crippen LogP contribution < -0.4 is 4.74 Å². The van der Waals surface area contributed by atoms with Crippen LogP contribution >= 0.6 is 0 Å². The van der Waals surface area contributed by atoms with Crippen molar-refractivity contribution < 1.29 is 27.8 Å². The van der Waals surface area contributed by atoms with Crippen LogP contribution in [0, 0.1) is 0 Å². The standard InChI is InChI=1S/C19H24F2N2O4/c1-3-4-13-26-14(2)17(24)22-9-11-23(12-10-22)18(25)15-7-5-6-8-16(15)27-19(20)21/h3,5-8,14,19H,1,4,9-13H2,2H3. The fourth-order valence-corrected chi connectivity index (χ4v) is 2.80. The molecule has 0 saturated carbocycles. The van der Waals surface area contributed by atoms with Crippen LogP contribution in [0.4, 0.5) is 8.78 Å². The van der Waals surface area contributed by atoms with E-state index in [0.717, 1.165) is 0 Å². The van der Waals surface area contributed by atoms with Crippen molar-refractivity contribution in [3.8, 4) is 5.75 Å². The Morgan fingerprint density at radius 2 is 1.81 bits per heavy atom. The van der Waals surface area contributed by atoms with Crippen molar-refractivity contribution in [3.05, 3.63) is 42.5 Å². The molecule has 0 N–H and O–H groups in total. The third-order valence-electron chi connectivity index (χ3n) is 4.25. The fraction of sp³-hybridized carbons (Fsp3) is 0.474. The summed E-state index contributed by atoms with van der Waals surface area (Å²) in [7, 11) is 0. The number of para-hydroxylation sites is 1. The lowest BCUT2D eigenvalue weighted by molar-refractivity contribution is -0.144. The Morgan fingerprint density at radius 3 is 2.44 bits per heavy atom. The van der Waals surface area contributed by atoms with Crippen molar-refractivity contribution in [1.29, 1.82) is 0 Å². The van der Waals surface area contributed by atoms with Gasteiger partial charge >= 0.3 is 6.61 Å².